The van der Waals surface area contributed by atoms with Crippen LogP contribution in [0.5, 0.6) is 5.75 Å². The predicted octanol–water partition coefficient (Wildman–Crippen LogP) is 4.06. The standard InChI is InChI=1S/C20H26O2/c1-18-8-6-16-15-4-3-14(22-2)11-13(15)5-9-19(16)12-20(18,19)10-7-17(18)21/h3-4,11,16-17,21H,5-10,12H2,1-2H3/t16-,17-,18-,19-,20+/m1/s1. The fourth-order valence-electron chi connectivity index (χ4n) is 7.07. The van der Waals surface area contributed by atoms with Crippen molar-refractivity contribution in [1.82, 2.24) is 0 Å². The number of aliphatic hydroxyl groups is 1. The van der Waals surface area contributed by atoms with Gasteiger partial charge in [-0.3, -0.25) is 0 Å². The highest BCUT2D eigenvalue weighted by atomic mass is 16.5. The number of hydrogen-bond acceptors (Lipinski definition) is 2. The molecule has 0 bridgehead atoms. The van der Waals surface area contributed by atoms with Gasteiger partial charge in [0.05, 0.1) is 13.2 Å². The maximum Gasteiger partial charge on any atom is 0.119 e. The van der Waals surface area contributed by atoms with E-state index < -0.39 is 0 Å². The van der Waals surface area contributed by atoms with Crippen molar-refractivity contribution in [2.75, 3.05) is 7.11 Å². The van der Waals surface area contributed by atoms with Gasteiger partial charge in [0, 0.05) is 0 Å². The monoisotopic (exact) mass is 298 g/mol. The lowest BCUT2D eigenvalue weighted by molar-refractivity contribution is -0.0250. The van der Waals surface area contributed by atoms with E-state index >= 15 is 0 Å². The van der Waals surface area contributed by atoms with E-state index in [2.05, 4.69) is 25.1 Å². The fourth-order valence-corrected chi connectivity index (χ4v) is 7.07. The molecule has 2 heteroatoms. The van der Waals surface area contributed by atoms with Crippen LogP contribution < -0.4 is 4.74 Å². The van der Waals surface area contributed by atoms with E-state index in [0.29, 0.717) is 10.8 Å². The Morgan fingerprint density at radius 2 is 2.05 bits per heavy atom. The molecule has 1 aromatic carbocycles. The van der Waals surface area contributed by atoms with Crippen molar-refractivity contribution in [1.29, 1.82) is 0 Å². The Kier molecular flexibility index (Phi) is 2.38. The second kappa shape index (κ2) is 3.90. The summed E-state index contributed by atoms with van der Waals surface area (Å²) >= 11 is 0. The number of hydrogen-bond donors (Lipinski definition) is 1. The summed E-state index contributed by atoms with van der Waals surface area (Å²) in [4.78, 5) is 0. The molecule has 0 aromatic heterocycles. The summed E-state index contributed by atoms with van der Waals surface area (Å²) in [5, 5.41) is 10.6. The van der Waals surface area contributed by atoms with Crippen molar-refractivity contribution in [3.8, 4) is 5.75 Å². The average molecular weight is 298 g/mol. The lowest BCUT2D eigenvalue weighted by Crippen LogP contribution is -2.43. The lowest BCUT2D eigenvalue weighted by Gasteiger charge is -2.49. The van der Waals surface area contributed by atoms with E-state index in [9.17, 15) is 5.11 Å². The number of ether oxygens (including phenoxy) is 1. The summed E-state index contributed by atoms with van der Waals surface area (Å²) in [6, 6.07) is 6.73. The highest BCUT2D eigenvalue weighted by molar-refractivity contribution is 5.46. The Morgan fingerprint density at radius 1 is 1.18 bits per heavy atom. The number of fused-ring (bicyclic) bond motifs is 2. The van der Waals surface area contributed by atoms with Crippen molar-refractivity contribution in [2.24, 2.45) is 16.2 Å². The third kappa shape index (κ3) is 1.25. The number of benzene rings is 1. The molecule has 0 heterocycles. The molecule has 118 valence electrons. The van der Waals surface area contributed by atoms with Crippen molar-refractivity contribution in [3.63, 3.8) is 0 Å². The molecule has 0 radical (unpaired) electrons. The molecule has 4 aliphatic rings. The molecule has 0 aliphatic heterocycles. The minimum Gasteiger partial charge on any atom is -0.497 e. The van der Waals surface area contributed by atoms with Crippen LogP contribution in [0.1, 0.15) is 62.5 Å². The maximum absolute atomic E-state index is 10.6. The summed E-state index contributed by atoms with van der Waals surface area (Å²) in [5.74, 6) is 1.72. The Morgan fingerprint density at radius 3 is 2.86 bits per heavy atom. The molecule has 3 fully saturated rings. The zero-order valence-electron chi connectivity index (χ0n) is 13.7. The largest absolute Gasteiger partial charge is 0.497 e. The molecular formula is C20H26O2. The van der Waals surface area contributed by atoms with Crippen LogP contribution in [0.4, 0.5) is 0 Å². The minimum atomic E-state index is -0.0647. The smallest absolute Gasteiger partial charge is 0.119 e. The molecule has 1 N–H and O–H groups in total. The number of methoxy groups -OCH3 is 1. The molecule has 3 saturated carbocycles. The summed E-state index contributed by atoms with van der Waals surface area (Å²) < 4.78 is 5.42. The summed E-state index contributed by atoms with van der Waals surface area (Å²) in [7, 11) is 1.76. The summed E-state index contributed by atoms with van der Waals surface area (Å²) in [5.41, 5.74) is 4.23. The lowest BCUT2D eigenvalue weighted by atomic mass is 9.55. The Labute approximate surface area is 132 Å². The molecule has 2 spiro atoms. The van der Waals surface area contributed by atoms with Gasteiger partial charge in [-0.15, -0.1) is 0 Å². The van der Waals surface area contributed by atoms with E-state index in [1.807, 2.05) is 0 Å². The molecule has 2 nitrogen and oxygen atoms in total. The summed E-state index contributed by atoms with van der Waals surface area (Å²) in [6.45, 7) is 2.39. The van der Waals surface area contributed by atoms with Gasteiger partial charge in [0.1, 0.15) is 5.75 Å². The van der Waals surface area contributed by atoms with Crippen LogP contribution in [0.15, 0.2) is 18.2 Å². The third-order valence-corrected chi connectivity index (χ3v) is 8.30. The van der Waals surface area contributed by atoms with Crippen molar-refractivity contribution < 1.29 is 9.84 Å². The molecule has 0 saturated heterocycles. The van der Waals surface area contributed by atoms with Gasteiger partial charge in [-0.25, -0.2) is 0 Å². The first-order chi connectivity index (χ1) is 10.6. The zero-order valence-corrected chi connectivity index (χ0v) is 13.7. The van der Waals surface area contributed by atoms with Crippen LogP contribution in [0, 0.1) is 16.2 Å². The molecule has 0 amide bonds. The van der Waals surface area contributed by atoms with E-state index in [1.165, 1.54) is 44.1 Å². The van der Waals surface area contributed by atoms with Gasteiger partial charge in [0.2, 0.25) is 0 Å². The Hall–Kier alpha value is -1.02. The van der Waals surface area contributed by atoms with E-state index in [4.69, 9.17) is 4.74 Å². The van der Waals surface area contributed by atoms with E-state index in [1.54, 1.807) is 12.7 Å². The second-order valence-corrected chi connectivity index (χ2v) is 8.54. The first-order valence-electron chi connectivity index (χ1n) is 8.91. The van der Waals surface area contributed by atoms with Crippen LogP contribution in [-0.4, -0.2) is 18.3 Å². The topological polar surface area (TPSA) is 29.5 Å². The van der Waals surface area contributed by atoms with Crippen LogP contribution in [0.2, 0.25) is 0 Å². The van der Waals surface area contributed by atoms with Crippen molar-refractivity contribution in [3.05, 3.63) is 29.3 Å². The molecule has 5 rings (SSSR count). The Bertz CT molecular complexity index is 653. The zero-order chi connectivity index (χ0) is 15.2. The average Bonchev–Trinajstić information content (AvgIpc) is 3.15. The van der Waals surface area contributed by atoms with Gasteiger partial charge < -0.3 is 9.84 Å². The van der Waals surface area contributed by atoms with Gasteiger partial charge in [0.15, 0.2) is 0 Å². The highest BCUT2D eigenvalue weighted by Crippen LogP contribution is 2.87. The first kappa shape index (κ1) is 13.4. The normalized spacial score (nSPS) is 48.0. The SMILES string of the molecule is COc1ccc2c(c1)CC[C@]13C[C@]14CC[C@@H](O)[C@@]4(C)CC[C@H]23. The van der Waals surface area contributed by atoms with Gasteiger partial charge in [-0.05, 0) is 90.4 Å². The molecule has 5 atom stereocenters. The van der Waals surface area contributed by atoms with Gasteiger partial charge in [0.25, 0.3) is 0 Å². The molecule has 0 unspecified atom stereocenters. The van der Waals surface area contributed by atoms with Crippen molar-refractivity contribution in [2.45, 2.75) is 63.9 Å². The van der Waals surface area contributed by atoms with Crippen LogP contribution in [0.25, 0.3) is 0 Å². The first-order valence-corrected chi connectivity index (χ1v) is 8.91. The number of rotatable bonds is 1. The van der Waals surface area contributed by atoms with Crippen molar-refractivity contribution >= 4 is 0 Å². The van der Waals surface area contributed by atoms with E-state index in [-0.39, 0.29) is 11.5 Å². The maximum atomic E-state index is 10.6. The van der Waals surface area contributed by atoms with Gasteiger partial charge >= 0.3 is 0 Å². The molecular weight excluding hydrogens is 272 g/mol. The molecule has 1 aromatic rings. The second-order valence-electron chi connectivity index (χ2n) is 8.54. The van der Waals surface area contributed by atoms with Gasteiger partial charge in [-0.1, -0.05) is 13.0 Å². The molecule has 22 heavy (non-hydrogen) atoms. The quantitative estimate of drug-likeness (QED) is 0.847. The highest BCUT2D eigenvalue weighted by Gasteiger charge is 2.81. The number of aryl methyl sites for hydroxylation is 1. The van der Waals surface area contributed by atoms with Crippen LogP contribution in [0.3, 0.4) is 0 Å². The fraction of sp³-hybridized carbons (Fsp3) is 0.700. The van der Waals surface area contributed by atoms with Crippen LogP contribution >= 0.6 is 0 Å². The predicted molar refractivity (Wildman–Crippen MR) is 86.1 cm³/mol. The van der Waals surface area contributed by atoms with E-state index in [0.717, 1.165) is 18.1 Å². The molecule has 4 aliphatic carbocycles. The third-order valence-electron chi connectivity index (χ3n) is 8.30. The van der Waals surface area contributed by atoms with Crippen LogP contribution in [-0.2, 0) is 6.42 Å². The minimum absolute atomic E-state index is 0.0647. The van der Waals surface area contributed by atoms with Gasteiger partial charge in [-0.2, -0.15) is 0 Å². The summed E-state index contributed by atoms with van der Waals surface area (Å²) in [6.07, 6.45) is 8.55. The number of aliphatic hydroxyl groups excluding tert-OH is 1. The Balaban J connectivity index is 1.59.